The van der Waals surface area contributed by atoms with Crippen molar-refractivity contribution in [2.75, 3.05) is 0 Å². The summed E-state index contributed by atoms with van der Waals surface area (Å²) in [6, 6.07) is 4.07. The van der Waals surface area contributed by atoms with Crippen LogP contribution in [0.2, 0.25) is 0 Å². The highest BCUT2D eigenvalue weighted by Gasteiger charge is 2.06. The fourth-order valence-electron chi connectivity index (χ4n) is 1.60. The zero-order valence-electron chi connectivity index (χ0n) is 9.70. The molecule has 3 heterocycles. The first-order valence-electron chi connectivity index (χ1n) is 5.43. The number of aromatic nitrogens is 2. The third-order valence-corrected chi connectivity index (χ3v) is 4.43. The van der Waals surface area contributed by atoms with Gasteiger partial charge in [0.25, 0.3) is 0 Å². The monoisotopic (exact) mass is 274 g/mol. The predicted octanol–water partition coefficient (Wildman–Crippen LogP) is 4.35. The van der Waals surface area contributed by atoms with E-state index in [-0.39, 0.29) is 0 Å². The molecule has 0 spiro atoms. The van der Waals surface area contributed by atoms with Crippen molar-refractivity contribution in [1.82, 2.24) is 9.97 Å². The van der Waals surface area contributed by atoms with E-state index in [1.54, 1.807) is 29.0 Å². The molecule has 0 aliphatic carbocycles. The molecule has 4 nitrogen and oxygen atoms in total. The lowest BCUT2D eigenvalue weighted by Gasteiger charge is -1.94. The van der Waals surface area contributed by atoms with Gasteiger partial charge in [0.1, 0.15) is 6.33 Å². The van der Waals surface area contributed by atoms with Crippen molar-refractivity contribution in [1.29, 1.82) is 0 Å². The van der Waals surface area contributed by atoms with Crippen molar-refractivity contribution in [3.63, 3.8) is 0 Å². The van der Waals surface area contributed by atoms with E-state index in [4.69, 9.17) is 0 Å². The molecule has 0 saturated carbocycles. The minimum absolute atomic E-state index is 0.605. The topological polar surface area (TPSA) is 50.5 Å². The summed E-state index contributed by atoms with van der Waals surface area (Å²) < 4.78 is 1.00. The number of rotatable bonds is 3. The Hall–Kier alpha value is -1.66. The molecule has 3 aromatic heterocycles. The van der Waals surface area contributed by atoms with Gasteiger partial charge in [0.05, 0.1) is 16.8 Å². The highest BCUT2D eigenvalue weighted by molar-refractivity contribution is 7.17. The van der Waals surface area contributed by atoms with Gasteiger partial charge in [-0.3, -0.25) is 0 Å². The minimum atomic E-state index is 0.605. The van der Waals surface area contributed by atoms with Gasteiger partial charge in [0.15, 0.2) is 5.82 Å². The number of fused-ring (bicyclic) bond motifs is 1. The molecule has 0 aromatic carbocycles. The SMILES string of the molecule is Cc1csc2c(N=NCc3cccs3)ncnc12. The summed E-state index contributed by atoms with van der Waals surface area (Å²) in [5, 5.41) is 12.5. The third-order valence-electron chi connectivity index (χ3n) is 2.48. The molecule has 0 aliphatic heterocycles. The second kappa shape index (κ2) is 4.91. The lowest BCUT2D eigenvalue weighted by molar-refractivity contribution is 0.965. The molecule has 0 unspecified atom stereocenters. The molecule has 0 saturated heterocycles. The van der Waals surface area contributed by atoms with Crippen molar-refractivity contribution in [2.45, 2.75) is 13.5 Å². The highest BCUT2D eigenvalue weighted by atomic mass is 32.1. The van der Waals surface area contributed by atoms with Crippen LogP contribution in [0.4, 0.5) is 5.82 Å². The second-order valence-corrected chi connectivity index (χ2v) is 5.68. The number of thiophene rings is 2. The van der Waals surface area contributed by atoms with E-state index >= 15 is 0 Å². The molecule has 0 aliphatic rings. The molecule has 90 valence electrons. The fraction of sp³-hybridized carbons (Fsp3) is 0.167. The van der Waals surface area contributed by atoms with Crippen LogP contribution in [0.5, 0.6) is 0 Å². The van der Waals surface area contributed by atoms with Gasteiger partial charge >= 0.3 is 0 Å². The number of hydrogen-bond acceptors (Lipinski definition) is 6. The molecule has 18 heavy (non-hydrogen) atoms. The zero-order valence-corrected chi connectivity index (χ0v) is 11.3. The van der Waals surface area contributed by atoms with E-state index in [1.165, 1.54) is 4.88 Å². The first-order valence-corrected chi connectivity index (χ1v) is 7.19. The molecule has 0 fully saturated rings. The summed E-state index contributed by atoms with van der Waals surface area (Å²) in [4.78, 5) is 9.64. The maximum atomic E-state index is 4.26. The van der Waals surface area contributed by atoms with Gasteiger partial charge < -0.3 is 0 Å². The average Bonchev–Trinajstić information content (AvgIpc) is 3.01. The van der Waals surface area contributed by atoms with Crippen molar-refractivity contribution >= 4 is 38.7 Å². The average molecular weight is 274 g/mol. The van der Waals surface area contributed by atoms with Gasteiger partial charge in [-0.2, -0.15) is 5.11 Å². The lowest BCUT2D eigenvalue weighted by Crippen LogP contribution is -1.80. The molecule has 0 radical (unpaired) electrons. The molecule has 0 bridgehead atoms. The van der Waals surface area contributed by atoms with Crippen LogP contribution in [0.3, 0.4) is 0 Å². The fourth-order valence-corrected chi connectivity index (χ4v) is 3.15. The number of hydrogen-bond donors (Lipinski definition) is 0. The van der Waals surface area contributed by atoms with E-state index in [2.05, 4.69) is 31.6 Å². The van der Waals surface area contributed by atoms with E-state index in [1.807, 2.05) is 18.4 Å². The van der Waals surface area contributed by atoms with Crippen molar-refractivity contribution in [2.24, 2.45) is 10.2 Å². The Bertz CT molecular complexity index is 685. The van der Waals surface area contributed by atoms with Crippen molar-refractivity contribution in [3.05, 3.63) is 39.7 Å². The van der Waals surface area contributed by atoms with Crippen LogP contribution in [-0.4, -0.2) is 9.97 Å². The van der Waals surface area contributed by atoms with Gasteiger partial charge in [-0.1, -0.05) is 6.07 Å². The summed E-state index contributed by atoms with van der Waals surface area (Å²) in [7, 11) is 0. The first kappa shape index (κ1) is 11.4. The smallest absolute Gasteiger partial charge is 0.195 e. The van der Waals surface area contributed by atoms with E-state index in [0.717, 1.165) is 15.8 Å². The molecule has 3 aromatic rings. The lowest BCUT2D eigenvalue weighted by atomic mass is 10.3. The summed E-state index contributed by atoms with van der Waals surface area (Å²) in [5.41, 5.74) is 2.13. The van der Waals surface area contributed by atoms with Crippen molar-refractivity contribution in [3.8, 4) is 0 Å². The molecule has 6 heteroatoms. The number of nitrogens with zero attached hydrogens (tertiary/aromatic N) is 4. The Morgan fingerprint density at radius 1 is 1.28 bits per heavy atom. The number of azo groups is 1. The molecule has 0 N–H and O–H groups in total. The standard InChI is InChI=1S/C12H10N4S2/c1-8-6-18-11-10(8)13-7-14-12(11)16-15-5-9-3-2-4-17-9/h2-4,6-7H,5H2,1H3. The summed E-state index contributed by atoms with van der Waals surface area (Å²) >= 11 is 3.29. The Morgan fingerprint density at radius 3 is 3.06 bits per heavy atom. The largest absolute Gasteiger partial charge is 0.235 e. The summed E-state index contributed by atoms with van der Waals surface area (Å²) in [6.07, 6.45) is 1.54. The van der Waals surface area contributed by atoms with Crippen LogP contribution in [0, 0.1) is 6.92 Å². The van der Waals surface area contributed by atoms with Gasteiger partial charge in [-0.15, -0.1) is 27.8 Å². The minimum Gasteiger partial charge on any atom is -0.235 e. The Morgan fingerprint density at radius 2 is 2.22 bits per heavy atom. The quantitative estimate of drug-likeness (QED) is 0.667. The zero-order chi connectivity index (χ0) is 12.4. The van der Waals surface area contributed by atoms with Crippen LogP contribution in [0.1, 0.15) is 10.4 Å². The highest BCUT2D eigenvalue weighted by Crippen LogP contribution is 2.30. The Labute approximate surface area is 112 Å². The maximum Gasteiger partial charge on any atom is 0.195 e. The molecule has 0 amide bonds. The van der Waals surface area contributed by atoms with Gasteiger partial charge in [0.2, 0.25) is 0 Å². The predicted molar refractivity (Wildman–Crippen MR) is 74.7 cm³/mol. The van der Waals surface area contributed by atoms with Crippen LogP contribution in [-0.2, 0) is 6.54 Å². The number of aryl methyl sites for hydroxylation is 1. The van der Waals surface area contributed by atoms with Crippen molar-refractivity contribution < 1.29 is 0 Å². The molecular formula is C12H10N4S2. The first-order chi connectivity index (χ1) is 8.84. The summed E-state index contributed by atoms with van der Waals surface area (Å²) in [5.74, 6) is 0.662. The molecule has 3 rings (SSSR count). The van der Waals surface area contributed by atoms with E-state index < -0.39 is 0 Å². The van der Waals surface area contributed by atoms with Gasteiger partial charge in [-0.25, -0.2) is 9.97 Å². The van der Waals surface area contributed by atoms with Gasteiger partial charge in [0, 0.05) is 4.88 Å². The third kappa shape index (κ3) is 2.16. The van der Waals surface area contributed by atoms with E-state index in [9.17, 15) is 0 Å². The van der Waals surface area contributed by atoms with Crippen LogP contribution < -0.4 is 0 Å². The van der Waals surface area contributed by atoms with Crippen LogP contribution in [0.15, 0.2) is 39.4 Å². The normalized spacial score (nSPS) is 11.6. The summed E-state index contributed by atoms with van der Waals surface area (Å²) in [6.45, 7) is 2.64. The Balaban J connectivity index is 1.88. The van der Waals surface area contributed by atoms with Crippen LogP contribution in [0.25, 0.3) is 10.2 Å². The van der Waals surface area contributed by atoms with Gasteiger partial charge in [-0.05, 0) is 29.3 Å². The molecule has 0 atom stereocenters. The maximum absolute atomic E-state index is 4.26. The molecular weight excluding hydrogens is 264 g/mol. The Kier molecular flexibility index (Phi) is 3.12. The second-order valence-electron chi connectivity index (χ2n) is 3.77. The van der Waals surface area contributed by atoms with Crippen LogP contribution >= 0.6 is 22.7 Å². The van der Waals surface area contributed by atoms with E-state index in [0.29, 0.717) is 12.4 Å².